The minimum atomic E-state index is -0.994. The fourth-order valence-electron chi connectivity index (χ4n) is 4.80. The number of allylic oxidation sites excluding steroid dienone is 7. The monoisotopic (exact) mass is 633 g/mol. The molecule has 2 atom stereocenters. The van der Waals surface area contributed by atoms with Crippen LogP contribution in [0.3, 0.4) is 0 Å². The summed E-state index contributed by atoms with van der Waals surface area (Å²) < 4.78 is 10.2. The summed E-state index contributed by atoms with van der Waals surface area (Å²) >= 11 is 0. The third-order valence-corrected chi connectivity index (χ3v) is 7.64. The van der Waals surface area contributed by atoms with Crippen LogP contribution in [-0.4, -0.2) is 47.6 Å². The maximum absolute atomic E-state index is 11.9. The van der Waals surface area contributed by atoms with E-state index in [2.05, 4.69) is 50.3 Å². The van der Waals surface area contributed by atoms with Gasteiger partial charge in [0.15, 0.2) is 0 Å². The summed E-state index contributed by atoms with van der Waals surface area (Å²) in [5.74, 6) is -0.651. The highest BCUT2D eigenvalue weighted by molar-refractivity contribution is 5.69. The number of ether oxygens (including phenoxy) is 2. The van der Waals surface area contributed by atoms with Crippen LogP contribution in [0.25, 0.3) is 0 Å². The molecule has 0 aliphatic heterocycles. The third kappa shape index (κ3) is 34.5. The van der Waals surface area contributed by atoms with Crippen molar-refractivity contribution in [1.29, 1.82) is 0 Å². The predicted molar refractivity (Wildman–Crippen MR) is 188 cm³/mol. The number of aliphatic hydroxyl groups is 2. The van der Waals surface area contributed by atoms with Crippen molar-refractivity contribution in [2.75, 3.05) is 13.2 Å². The van der Waals surface area contributed by atoms with Crippen LogP contribution in [-0.2, 0) is 19.1 Å². The fourth-order valence-corrected chi connectivity index (χ4v) is 4.80. The summed E-state index contributed by atoms with van der Waals surface area (Å²) in [6.07, 6.45) is 39.3. The van der Waals surface area contributed by atoms with Crippen LogP contribution in [0.1, 0.15) is 162 Å². The number of hydrogen-bond donors (Lipinski definition) is 2. The average Bonchev–Trinajstić information content (AvgIpc) is 3.04. The summed E-state index contributed by atoms with van der Waals surface area (Å²) in [5, 5.41) is 19.7. The van der Waals surface area contributed by atoms with Gasteiger partial charge in [-0.1, -0.05) is 152 Å². The first-order valence-electron chi connectivity index (χ1n) is 18.3. The number of rotatable bonds is 32. The minimum Gasteiger partial charge on any atom is -0.463 e. The number of unbranched alkanes of at least 4 members (excludes halogenated alkanes) is 14. The molecule has 0 spiro atoms. The van der Waals surface area contributed by atoms with Crippen LogP contribution < -0.4 is 0 Å². The van der Waals surface area contributed by atoms with Crippen molar-refractivity contribution < 1.29 is 29.3 Å². The lowest BCUT2D eigenvalue weighted by atomic mass is 10.0. The first-order chi connectivity index (χ1) is 22.0. The minimum absolute atomic E-state index is 0.142. The highest BCUT2D eigenvalue weighted by atomic mass is 16.6. The number of carbonyl (C=O) groups excluding carboxylic acids is 2. The molecule has 0 amide bonds. The largest absolute Gasteiger partial charge is 0.463 e. The second-order valence-electron chi connectivity index (χ2n) is 12.2. The van der Waals surface area contributed by atoms with Crippen molar-refractivity contribution in [3.63, 3.8) is 0 Å². The van der Waals surface area contributed by atoms with E-state index in [1.54, 1.807) is 0 Å². The zero-order valence-corrected chi connectivity index (χ0v) is 29.0. The highest BCUT2D eigenvalue weighted by Gasteiger charge is 2.12. The molecule has 2 N–H and O–H groups in total. The lowest BCUT2D eigenvalue weighted by Crippen LogP contribution is -2.25. The summed E-state index contributed by atoms with van der Waals surface area (Å²) in [7, 11) is 0. The molecule has 0 bridgehead atoms. The average molecular weight is 633 g/mol. The molecule has 0 aliphatic carbocycles. The summed E-state index contributed by atoms with van der Waals surface area (Å²) in [6.45, 7) is 4.08. The standard InChI is InChI=1S/C39H68O6/c1-3-5-7-8-9-10-11-12-16-19-22-25-28-32-38(42)44-34-37(41)35-45-39(43)33-29-26-23-20-17-14-13-15-18-21-24-27-31-36(40)30-6-4-2/h13-14,18,20-21,23,27,31,36-37,40-41H,3-12,15-17,19,22,24-26,28-30,32-35H2,1-2H3/b14-13-,21-18-,23-20-,31-27-/t36-,37+/m0/s1. The van der Waals surface area contributed by atoms with Gasteiger partial charge >= 0.3 is 11.9 Å². The molecule has 0 unspecified atom stereocenters. The van der Waals surface area contributed by atoms with Gasteiger partial charge in [-0.15, -0.1) is 0 Å². The van der Waals surface area contributed by atoms with Crippen LogP contribution in [0.5, 0.6) is 0 Å². The molecular weight excluding hydrogens is 564 g/mol. The van der Waals surface area contributed by atoms with Gasteiger partial charge in [-0.2, -0.15) is 0 Å². The third-order valence-electron chi connectivity index (χ3n) is 7.64. The quantitative estimate of drug-likeness (QED) is 0.0435. The number of esters is 2. The lowest BCUT2D eigenvalue weighted by molar-refractivity contribution is -0.152. The van der Waals surface area contributed by atoms with E-state index in [-0.39, 0.29) is 31.3 Å². The maximum Gasteiger partial charge on any atom is 0.305 e. The van der Waals surface area contributed by atoms with E-state index in [4.69, 9.17) is 9.47 Å². The lowest BCUT2D eigenvalue weighted by Gasteiger charge is -2.12. The van der Waals surface area contributed by atoms with Gasteiger partial charge in [-0.05, 0) is 44.9 Å². The van der Waals surface area contributed by atoms with Crippen LogP contribution in [0.15, 0.2) is 48.6 Å². The molecule has 0 saturated carbocycles. The van der Waals surface area contributed by atoms with Crippen molar-refractivity contribution in [1.82, 2.24) is 0 Å². The smallest absolute Gasteiger partial charge is 0.305 e. The normalized spacial score (nSPS) is 13.4. The Morgan fingerprint density at radius 3 is 1.47 bits per heavy atom. The molecule has 0 aromatic rings. The van der Waals surface area contributed by atoms with Gasteiger partial charge in [0.05, 0.1) is 6.10 Å². The van der Waals surface area contributed by atoms with Gasteiger partial charge in [0.1, 0.15) is 19.3 Å². The van der Waals surface area contributed by atoms with Crippen LogP contribution >= 0.6 is 0 Å². The molecule has 0 aromatic carbocycles. The Hall–Kier alpha value is -2.18. The molecule has 0 radical (unpaired) electrons. The molecule has 0 aliphatic rings. The number of carbonyl (C=O) groups is 2. The first-order valence-corrected chi connectivity index (χ1v) is 18.3. The van der Waals surface area contributed by atoms with Gasteiger partial charge in [0.25, 0.3) is 0 Å². The Morgan fingerprint density at radius 2 is 0.956 bits per heavy atom. The Kier molecular flexibility index (Phi) is 33.0. The van der Waals surface area contributed by atoms with Crippen molar-refractivity contribution >= 4 is 11.9 Å². The second kappa shape index (κ2) is 34.7. The predicted octanol–water partition coefficient (Wildman–Crippen LogP) is 10.0. The molecule has 0 heterocycles. The zero-order chi connectivity index (χ0) is 33.1. The molecule has 0 rings (SSSR count). The van der Waals surface area contributed by atoms with Gasteiger partial charge in [-0.25, -0.2) is 0 Å². The number of hydrogen-bond acceptors (Lipinski definition) is 6. The molecule has 6 heteroatoms. The van der Waals surface area contributed by atoms with E-state index < -0.39 is 6.10 Å². The van der Waals surface area contributed by atoms with E-state index in [0.29, 0.717) is 19.3 Å². The van der Waals surface area contributed by atoms with E-state index in [9.17, 15) is 19.8 Å². The molecule has 260 valence electrons. The van der Waals surface area contributed by atoms with Gasteiger partial charge in [0, 0.05) is 12.8 Å². The van der Waals surface area contributed by atoms with Crippen molar-refractivity contribution in [3.05, 3.63) is 48.6 Å². The van der Waals surface area contributed by atoms with E-state index in [1.807, 2.05) is 12.2 Å². The highest BCUT2D eigenvalue weighted by Crippen LogP contribution is 2.13. The SMILES string of the molecule is CCCCCCCCCCCCCCCC(=O)OC[C@@H](O)COC(=O)CCC/C=C\C/C=C\C/C=C\C/C=C\[C@@H](O)CCCC. The van der Waals surface area contributed by atoms with Crippen molar-refractivity contribution in [2.45, 2.75) is 174 Å². The fraction of sp³-hybridized carbons (Fsp3) is 0.744. The Morgan fingerprint density at radius 1 is 0.533 bits per heavy atom. The molecule has 0 aromatic heterocycles. The Labute approximate surface area is 276 Å². The maximum atomic E-state index is 11.9. The van der Waals surface area contributed by atoms with E-state index >= 15 is 0 Å². The van der Waals surface area contributed by atoms with Gasteiger partial charge in [-0.3, -0.25) is 9.59 Å². The van der Waals surface area contributed by atoms with Crippen LogP contribution in [0, 0.1) is 0 Å². The van der Waals surface area contributed by atoms with Crippen LogP contribution in [0.4, 0.5) is 0 Å². The first kappa shape index (κ1) is 42.8. The van der Waals surface area contributed by atoms with Crippen molar-refractivity contribution in [2.24, 2.45) is 0 Å². The number of aliphatic hydroxyl groups excluding tert-OH is 2. The second-order valence-corrected chi connectivity index (χ2v) is 12.2. The molecular formula is C39H68O6. The van der Waals surface area contributed by atoms with Gasteiger partial charge in [0.2, 0.25) is 0 Å². The molecule has 0 saturated heterocycles. The molecule has 45 heavy (non-hydrogen) atoms. The summed E-state index contributed by atoms with van der Waals surface area (Å²) in [6, 6.07) is 0. The molecule has 0 fully saturated rings. The van der Waals surface area contributed by atoms with E-state index in [0.717, 1.165) is 64.2 Å². The zero-order valence-electron chi connectivity index (χ0n) is 29.0. The van der Waals surface area contributed by atoms with Crippen molar-refractivity contribution in [3.8, 4) is 0 Å². The van der Waals surface area contributed by atoms with E-state index in [1.165, 1.54) is 64.2 Å². The topological polar surface area (TPSA) is 93.1 Å². The Balaban J connectivity index is 3.59. The summed E-state index contributed by atoms with van der Waals surface area (Å²) in [5.41, 5.74) is 0. The molecule has 6 nitrogen and oxygen atoms in total. The van der Waals surface area contributed by atoms with Crippen LogP contribution in [0.2, 0.25) is 0 Å². The Bertz CT molecular complexity index is 784. The summed E-state index contributed by atoms with van der Waals surface area (Å²) in [4.78, 5) is 23.8. The van der Waals surface area contributed by atoms with Gasteiger partial charge < -0.3 is 19.7 Å².